The van der Waals surface area contributed by atoms with Crippen LogP contribution in [0, 0.1) is 11.0 Å². The second kappa shape index (κ2) is 2.96. The van der Waals surface area contributed by atoms with E-state index in [0.717, 1.165) is 12.1 Å². The summed E-state index contributed by atoms with van der Waals surface area (Å²) in [6.07, 6.45) is 0. The van der Waals surface area contributed by atoms with Crippen molar-refractivity contribution in [1.82, 2.24) is 0 Å². The van der Waals surface area contributed by atoms with E-state index in [4.69, 9.17) is 5.21 Å². The van der Waals surface area contributed by atoms with Crippen molar-refractivity contribution >= 4 is 5.69 Å². The first kappa shape index (κ1) is 7.46. The van der Waals surface area contributed by atoms with Crippen molar-refractivity contribution in [2.45, 2.75) is 0 Å². The van der Waals surface area contributed by atoms with Crippen LogP contribution in [0.1, 0.15) is 0 Å². The van der Waals surface area contributed by atoms with Gasteiger partial charge in [-0.2, -0.15) is 0 Å². The molecule has 0 saturated carbocycles. The van der Waals surface area contributed by atoms with Gasteiger partial charge in [-0.3, -0.25) is 0 Å². The van der Waals surface area contributed by atoms with E-state index in [-0.39, 0.29) is 10.5 Å². The van der Waals surface area contributed by atoms with Crippen LogP contribution < -0.4 is 0 Å². The second-order valence-electron chi connectivity index (χ2n) is 1.84. The van der Waals surface area contributed by atoms with Crippen molar-refractivity contribution in [2.75, 3.05) is 0 Å². The summed E-state index contributed by atoms with van der Waals surface area (Å²) in [7, 11) is 0. The summed E-state index contributed by atoms with van der Waals surface area (Å²) in [6, 6.07) is 4.63. The lowest BCUT2D eigenvalue weighted by Crippen LogP contribution is -1.89. The molecule has 5 heteroatoms. The van der Waals surface area contributed by atoms with Gasteiger partial charge in [-0.15, -0.1) is 0 Å². The number of hydrogen-bond acceptors (Lipinski definition) is 2. The lowest BCUT2D eigenvalue weighted by Gasteiger charge is -1.94. The van der Waals surface area contributed by atoms with E-state index in [1.165, 1.54) is 12.1 Å². The normalized spacial score (nSPS) is 11.5. The zero-order chi connectivity index (χ0) is 8.27. The molecule has 58 valence electrons. The van der Waals surface area contributed by atoms with E-state index in [1.807, 2.05) is 0 Å². The Morgan fingerprint density at radius 1 is 1.36 bits per heavy atom. The molecule has 0 unspecified atom stereocenters. The van der Waals surface area contributed by atoms with Crippen molar-refractivity contribution in [3.05, 3.63) is 35.3 Å². The molecular weight excluding hydrogens is 151 g/mol. The fourth-order valence-electron chi connectivity index (χ4n) is 0.620. The van der Waals surface area contributed by atoms with Crippen LogP contribution in [-0.2, 0) is 0 Å². The van der Waals surface area contributed by atoms with Crippen LogP contribution in [0.15, 0.2) is 29.5 Å². The van der Waals surface area contributed by atoms with Crippen LogP contribution in [0.25, 0.3) is 0 Å². The van der Waals surface area contributed by atoms with Gasteiger partial charge in [-0.05, 0) is 17.0 Å². The predicted octanol–water partition coefficient (Wildman–Crippen LogP) is 1.81. The molecule has 0 spiro atoms. The Balaban J connectivity index is 2.99. The molecule has 0 saturated heterocycles. The zero-order valence-corrected chi connectivity index (χ0v) is 5.44. The van der Waals surface area contributed by atoms with Crippen molar-refractivity contribution in [3.8, 4) is 0 Å². The molecule has 1 rings (SSSR count). The van der Waals surface area contributed by atoms with Gasteiger partial charge in [0.25, 0.3) is 0 Å². The minimum Gasteiger partial charge on any atom is -0.592 e. The molecule has 1 aromatic rings. The molecule has 0 aromatic heterocycles. The van der Waals surface area contributed by atoms with Gasteiger partial charge in [0.05, 0.1) is 0 Å². The highest BCUT2D eigenvalue weighted by molar-refractivity contribution is 5.28. The SMILES string of the molecule is [O-]/[N+](=N/O)c1ccc(F)cc1. The van der Waals surface area contributed by atoms with Crippen molar-refractivity contribution in [1.29, 1.82) is 0 Å². The Morgan fingerprint density at radius 3 is 2.36 bits per heavy atom. The standard InChI is InChI=1S/C6H5FN2O2/c7-5-1-3-6(4-2-5)9(11)8-10/h1-4,10H/b9-8+. The van der Waals surface area contributed by atoms with E-state index in [0.29, 0.717) is 0 Å². The smallest absolute Gasteiger partial charge is 0.248 e. The van der Waals surface area contributed by atoms with Crippen LogP contribution in [0.2, 0.25) is 0 Å². The summed E-state index contributed by atoms with van der Waals surface area (Å²) < 4.78 is 12.2. The highest BCUT2D eigenvalue weighted by atomic mass is 19.1. The highest BCUT2D eigenvalue weighted by Crippen LogP contribution is 2.10. The van der Waals surface area contributed by atoms with Gasteiger partial charge in [0.15, 0.2) is 0 Å². The van der Waals surface area contributed by atoms with Gasteiger partial charge < -0.3 is 10.4 Å². The maximum absolute atomic E-state index is 12.2. The molecule has 0 radical (unpaired) electrons. The van der Waals surface area contributed by atoms with E-state index in [9.17, 15) is 9.60 Å². The first-order valence-electron chi connectivity index (χ1n) is 2.82. The van der Waals surface area contributed by atoms with Gasteiger partial charge in [-0.25, -0.2) is 4.39 Å². The summed E-state index contributed by atoms with van der Waals surface area (Å²) >= 11 is 0. The molecule has 1 aromatic carbocycles. The molecule has 0 fully saturated rings. The number of rotatable bonds is 1. The Labute approximate surface area is 61.8 Å². The third kappa shape index (κ3) is 1.64. The minimum atomic E-state index is -0.444. The lowest BCUT2D eigenvalue weighted by molar-refractivity contribution is -0.473. The first-order chi connectivity index (χ1) is 5.24. The maximum atomic E-state index is 12.2. The molecule has 0 aliphatic heterocycles. The Morgan fingerprint density at radius 2 is 1.91 bits per heavy atom. The number of hydrogen-bond donors (Lipinski definition) is 1. The number of nitrogens with zero attached hydrogens (tertiary/aromatic N) is 2. The third-order valence-corrected chi connectivity index (χ3v) is 1.13. The van der Waals surface area contributed by atoms with Crippen LogP contribution in [-0.4, -0.2) is 10.1 Å². The van der Waals surface area contributed by atoms with Crippen molar-refractivity contribution in [2.24, 2.45) is 5.28 Å². The van der Waals surface area contributed by atoms with Crippen LogP contribution in [0.5, 0.6) is 0 Å². The average Bonchev–Trinajstić information content (AvgIpc) is 2.05. The molecule has 0 amide bonds. The average molecular weight is 156 g/mol. The zero-order valence-electron chi connectivity index (χ0n) is 5.44. The maximum Gasteiger partial charge on any atom is 0.248 e. The van der Waals surface area contributed by atoms with Gasteiger partial charge in [0.2, 0.25) is 11.0 Å². The lowest BCUT2D eigenvalue weighted by atomic mass is 10.3. The molecule has 4 nitrogen and oxygen atoms in total. The van der Waals surface area contributed by atoms with Gasteiger partial charge >= 0.3 is 0 Å². The molecule has 0 heterocycles. The minimum absolute atomic E-state index is 0.0144. The Bertz CT molecular complexity index is 270. The van der Waals surface area contributed by atoms with Gasteiger partial charge in [0, 0.05) is 12.1 Å². The molecule has 1 N–H and O–H groups in total. The van der Waals surface area contributed by atoms with Crippen LogP contribution >= 0.6 is 0 Å². The van der Waals surface area contributed by atoms with Crippen LogP contribution in [0.4, 0.5) is 10.1 Å². The van der Waals surface area contributed by atoms with Crippen molar-refractivity contribution < 1.29 is 14.5 Å². The van der Waals surface area contributed by atoms with E-state index in [2.05, 4.69) is 5.28 Å². The Hall–Kier alpha value is -1.65. The van der Waals surface area contributed by atoms with Gasteiger partial charge in [0.1, 0.15) is 5.82 Å². The summed E-state index contributed by atoms with van der Waals surface area (Å²) in [6.45, 7) is 0. The summed E-state index contributed by atoms with van der Waals surface area (Å²) in [5.41, 5.74) is 0.0777. The summed E-state index contributed by atoms with van der Waals surface area (Å²) in [5, 5.41) is 20.8. The van der Waals surface area contributed by atoms with E-state index >= 15 is 0 Å². The monoisotopic (exact) mass is 156 g/mol. The summed E-state index contributed by atoms with van der Waals surface area (Å²) in [4.78, 5) is -0.0144. The molecule has 0 aliphatic carbocycles. The largest absolute Gasteiger partial charge is 0.592 e. The molecule has 0 aliphatic rings. The van der Waals surface area contributed by atoms with E-state index < -0.39 is 5.82 Å². The predicted molar refractivity (Wildman–Crippen MR) is 33.9 cm³/mol. The third-order valence-electron chi connectivity index (χ3n) is 1.13. The van der Waals surface area contributed by atoms with Gasteiger partial charge in [-0.1, -0.05) is 0 Å². The number of benzene rings is 1. The van der Waals surface area contributed by atoms with Crippen LogP contribution in [0.3, 0.4) is 0 Å². The quantitative estimate of drug-likeness (QED) is 0.383. The van der Waals surface area contributed by atoms with Crippen molar-refractivity contribution in [3.63, 3.8) is 0 Å². The highest BCUT2D eigenvalue weighted by Gasteiger charge is 2.01. The molecular formula is C6H5FN2O2. The Kier molecular flexibility index (Phi) is 2.00. The second-order valence-corrected chi connectivity index (χ2v) is 1.84. The molecule has 0 bridgehead atoms. The fraction of sp³-hybridized carbons (Fsp3) is 0. The fourth-order valence-corrected chi connectivity index (χ4v) is 0.620. The molecule has 11 heavy (non-hydrogen) atoms. The van der Waals surface area contributed by atoms with E-state index in [1.54, 1.807) is 0 Å². The number of halogens is 1. The first-order valence-corrected chi connectivity index (χ1v) is 2.82. The topological polar surface area (TPSA) is 58.7 Å². The molecule has 0 atom stereocenters. The summed E-state index contributed by atoms with van der Waals surface area (Å²) in [5.74, 6) is -0.444.